The molecule has 0 spiro atoms. The summed E-state index contributed by atoms with van der Waals surface area (Å²) in [5, 5.41) is 0. The van der Waals surface area contributed by atoms with Gasteiger partial charge in [-0.05, 0) is 46.9 Å². The second-order valence-electron chi connectivity index (χ2n) is 2.65. The Kier molecular flexibility index (Phi) is 4.97. The molecule has 0 aromatic carbocycles. The Balaban J connectivity index is 3.02. The molecule has 0 amide bonds. The SMILES string of the molecule is C=C/C=C\N=C(C=C)c1cc(I)ccn1. The van der Waals surface area contributed by atoms with Gasteiger partial charge < -0.3 is 0 Å². The Morgan fingerprint density at radius 3 is 2.87 bits per heavy atom. The number of nitrogens with zero attached hydrogens (tertiary/aromatic N) is 2. The van der Waals surface area contributed by atoms with Crippen molar-refractivity contribution in [1.29, 1.82) is 0 Å². The van der Waals surface area contributed by atoms with Crippen molar-refractivity contribution in [3.05, 3.63) is 65.2 Å². The second kappa shape index (κ2) is 6.29. The number of aromatic nitrogens is 1. The smallest absolute Gasteiger partial charge is 0.0896 e. The lowest BCUT2D eigenvalue weighted by atomic mass is 10.2. The summed E-state index contributed by atoms with van der Waals surface area (Å²) < 4.78 is 1.12. The maximum absolute atomic E-state index is 4.22. The highest BCUT2D eigenvalue weighted by Crippen LogP contribution is 2.06. The Labute approximate surface area is 103 Å². The maximum Gasteiger partial charge on any atom is 0.0896 e. The van der Waals surface area contributed by atoms with E-state index in [9.17, 15) is 0 Å². The van der Waals surface area contributed by atoms with E-state index in [1.165, 1.54) is 0 Å². The van der Waals surface area contributed by atoms with E-state index >= 15 is 0 Å². The molecule has 1 heterocycles. The minimum atomic E-state index is 0.756. The zero-order valence-corrected chi connectivity index (χ0v) is 10.4. The van der Waals surface area contributed by atoms with E-state index in [0.717, 1.165) is 15.0 Å². The molecule has 1 rings (SSSR count). The molecule has 0 saturated carbocycles. The van der Waals surface area contributed by atoms with Crippen LogP contribution in [0.5, 0.6) is 0 Å². The molecule has 0 aliphatic carbocycles. The van der Waals surface area contributed by atoms with E-state index in [4.69, 9.17) is 0 Å². The number of aliphatic imine (C=N–C) groups is 1. The van der Waals surface area contributed by atoms with Gasteiger partial charge in [-0.1, -0.05) is 19.2 Å². The normalized spacial score (nSPS) is 11.7. The van der Waals surface area contributed by atoms with Crippen LogP contribution >= 0.6 is 22.6 Å². The fourth-order valence-corrected chi connectivity index (χ4v) is 1.41. The molecule has 0 unspecified atom stereocenters. The van der Waals surface area contributed by atoms with Crippen LogP contribution in [0.2, 0.25) is 0 Å². The molecule has 0 radical (unpaired) electrons. The molecular weight excluding hydrogens is 299 g/mol. The third-order valence-electron chi connectivity index (χ3n) is 1.61. The lowest BCUT2D eigenvalue weighted by molar-refractivity contribution is 1.27. The minimum Gasteiger partial charge on any atom is -0.255 e. The molecule has 0 aliphatic rings. The van der Waals surface area contributed by atoms with Crippen molar-refractivity contribution in [2.45, 2.75) is 0 Å². The summed E-state index contributed by atoms with van der Waals surface area (Å²) in [5.41, 5.74) is 1.58. The first-order valence-corrected chi connectivity index (χ1v) is 5.45. The van der Waals surface area contributed by atoms with Crippen molar-refractivity contribution in [2.24, 2.45) is 4.99 Å². The quantitative estimate of drug-likeness (QED) is 0.475. The molecule has 0 atom stereocenters. The predicted molar refractivity (Wildman–Crippen MR) is 73.0 cm³/mol. The van der Waals surface area contributed by atoms with E-state index in [1.807, 2.05) is 12.1 Å². The van der Waals surface area contributed by atoms with Crippen LogP contribution in [0.15, 0.2) is 60.9 Å². The van der Waals surface area contributed by atoms with Crippen LogP contribution in [0.3, 0.4) is 0 Å². The fourth-order valence-electron chi connectivity index (χ4n) is 0.952. The van der Waals surface area contributed by atoms with Gasteiger partial charge in [0.2, 0.25) is 0 Å². The molecule has 1 aromatic rings. The van der Waals surface area contributed by atoms with Crippen LogP contribution in [0.25, 0.3) is 0 Å². The number of halogens is 1. The summed E-state index contributed by atoms with van der Waals surface area (Å²) >= 11 is 2.24. The first-order valence-electron chi connectivity index (χ1n) is 4.37. The molecule has 2 nitrogen and oxygen atoms in total. The third-order valence-corrected chi connectivity index (χ3v) is 2.28. The molecule has 0 saturated heterocycles. The summed E-state index contributed by atoms with van der Waals surface area (Å²) in [7, 11) is 0. The zero-order chi connectivity index (χ0) is 11.1. The Hall–Kier alpha value is -1.23. The van der Waals surface area contributed by atoms with Crippen LogP contribution in [-0.4, -0.2) is 10.7 Å². The van der Waals surface area contributed by atoms with E-state index in [1.54, 1.807) is 30.6 Å². The highest BCUT2D eigenvalue weighted by Gasteiger charge is 1.99. The molecule has 1 aromatic heterocycles. The van der Waals surface area contributed by atoms with Gasteiger partial charge in [-0.3, -0.25) is 9.98 Å². The van der Waals surface area contributed by atoms with Gasteiger partial charge in [-0.15, -0.1) is 0 Å². The molecule has 76 valence electrons. The lowest BCUT2D eigenvalue weighted by Gasteiger charge is -1.99. The molecule has 15 heavy (non-hydrogen) atoms. The summed E-state index contributed by atoms with van der Waals surface area (Å²) in [5.74, 6) is 0. The molecule has 0 aliphatic heterocycles. The van der Waals surface area contributed by atoms with Gasteiger partial charge >= 0.3 is 0 Å². The van der Waals surface area contributed by atoms with Gasteiger partial charge in [0.05, 0.1) is 11.4 Å². The average Bonchev–Trinajstić information content (AvgIpc) is 2.24. The first-order chi connectivity index (χ1) is 7.27. The van der Waals surface area contributed by atoms with Crippen LogP contribution in [0, 0.1) is 3.57 Å². The second-order valence-corrected chi connectivity index (χ2v) is 3.90. The van der Waals surface area contributed by atoms with Crippen LogP contribution in [0.1, 0.15) is 5.69 Å². The van der Waals surface area contributed by atoms with Crippen molar-refractivity contribution >= 4 is 28.3 Å². The van der Waals surface area contributed by atoms with Crippen molar-refractivity contribution in [2.75, 3.05) is 0 Å². The summed E-state index contributed by atoms with van der Waals surface area (Å²) in [4.78, 5) is 8.45. The van der Waals surface area contributed by atoms with Gasteiger partial charge in [0, 0.05) is 16.0 Å². The summed E-state index contributed by atoms with van der Waals surface area (Å²) in [6.45, 7) is 7.28. The molecule has 0 fully saturated rings. The van der Waals surface area contributed by atoms with E-state index < -0.39 is 0 Å². The van der Waals surface area contributed by atoms with Crippen LogP contribution in [-0.2, 0) is 0 Å². The summed E-state index contributed by atoms with van der Waals surface area (Å²) in [6, 6.07) is 3.90. The van der Waals surface area contributed by atoms with Gasteiger partial charge in [-0.25, -0.2) is 0 Å². The van der Waals surface area contributed by atoms with E-state index in [-0.39, 0.29) is 0 Å². The maximum atomic E-state index is 4.22. The van der Waals surface area contributed by atoms with Gasteiger partial charge in [0.25, 0.3) is 0 Å². The molecule has 0 bridgehead atoms. The van der Waals surface area contributed by atoms with Crippen LogP contribution < -0.4 is 0 Å². The topological polar surface area (TPSA) is 25.2 Å². The highest BCUT2D eigenvalue weighted by molar-refractivity contribution is 14.1. The average molecular weight is 310 g/mol. The third kappa shape index (κ3) is 3.79. The first kappa shape index (κ1) is 11.8. The number of allylic oxidation sites excluding steroid dienone is 3. The predicted octanol–water partition coefficient (Wildman–Crippen LogP) is 3.36. The Bertz CT molecular complexity index is 419. The Morgan fingerprint density at radius 2 is 2.27 bits per heavy atom. The van der Waals surface area contributed by atoms with Gasteiger partial charge in [0.15, 0.2) is 0 Å². The van der Waals surface area contributed by atoms with Crippen molar-refractivity contribution in [1.82, 2.24) is 4.98 Å². The number of pyridine rings is 1. The molecule has 3 heteroatoms. The number of hydrogen-bond donors (Lipinski definition) is 0. The van der Waals surface area contributed by atoms with Crippen molar-refractivity contribution in [3.63, 3.8) is 0 Å². The lowest BCUT2D eigenvalue weighted by Crippen LogP contribution is -1.99. The van der Waals surface area contributed by atoms with Gasteiger partial charge in [-0.2, -0.15) is 0 Å². The fraction of sp³-hybridized carbons (Fsp3) is 0. The standard InChI is InChI=1S/C12H11IN2/c1-3-5-7-14-11(4-2)12-9-10(13)6-8-15-12/h3-9H,1-2H2/b7-5-,14-11?. The van der Waals surface area contributed by atoms with E-state index in [2.05, 4.69) is 45.7 Å². The Morgan fingerprint density at radius 1 is 1.47 bits per heavy atom. The van der Waals surface area contributed by atoms with Crippen molar-refractivity contribution in [3.8, 4) is 0 Å². The summed E-state index contributed by atoms with van der Waals surface area (Å²) in [6.07, 6.45) is 8.55. The zero-order valence-electron chi connectivity index (χ0n) is 8.23. The van der Waals surface area contributed by atoms with E-state index in [0.29, 0.717) is 0 Å². The minimum absolute atomic E-state index is 0.756. The number of rotatable bonds is 4. The van der Waals surface area contributed by atoms with Crippen LogP contribution in [0.4, 0.5) is 0 Å². The molecule has 0 N–H and O–H groups in total. The van der Waals surface area contributed by atoms with Crippen molar-refractivity contribution < 1.29 is 0 Å². The monoisotopic (exact) mass is 310 g/mol. The van der Waals surface area contributed by atoms with Gasteiger partial charge in [0.1, 0.15) is 0 Å². The number of hydrogen-bond acceptors (Lipinski definition) is 2. The highest BCUT2D eigenvalue weighted by atomic mass is 127. The molecular formula is C12H11IN2. The largest absolute Gasteiger partial charge is 0.255 e.